The maximum atomic E-state index is 12.5. The van der Waals surface area contributed by atoms with Crippen LogP contribution < -0.4 is 20.1 Å². The molecule has 0 aliphatic carbocycles. The molecule has 2 unspecified atom stereocenters. The van der Waals surface area contributed by atoms with E-state index < -0.39 is 18.7 Å². The molecular formula is C24H33N6O6PS. The van der Waals surface area contributed by atoms with Crippen molar-refractivity contribution in [2.24, 2.45) is 5.92 Å². The number of rotatable bonds is 11. The van der Waals surface area contributed by atoms with Crippen LogP contribution in [0.4, 0.5) is 5.95 Å². The molecule has 4 rings (SSSR count). The number of nitrogens with one attached hydrogen (secondary N) is 1. The Kier molecular flexibility index (Phi) is 8.84. The molecule has 3 heterocycles. The third-order valence-corrected chi connectivity index (χ3v) is 8.28. The van der Waals surface area contributed by atoms with E-state index in [9.17, 15) is 4.79 Å². The topological polar surface area (TPSA) is 145 Å². The fourth-order valence-corrected chi connectivity index (χ4v) is 6.55. The lowest BCUT2D eigenvalue weighted by Crippen LogP contribution is -2.36. The first-order valence-corrected chi connectivity index (χ1v) is 14.9. The second kappa shape index (κ2) is 11.9. The van der Waals surface area contributed by atoms with Crippen LogP contribution >= 0.6 is 6.64 Å². The first-order valence-electron chi connectivity index (χ1n) is 12.3. The molecular weight excluding hydrogens is 531 g/mol. The normalized spacial score (nSPS) is 21.8. The molecule has 0 spiro atoms. The number of aromatic nitrogens is 4. The monoisotopic (exact) mass is 564 g/mol. The van der Waals surface area contributed by atoms with Gasteiger partial charge in [0.2, 0.25) is 11.8 Å². The molecule has 206 valence electrons. The molecule has 1 saturated heterocycles. The van der Waals surface area contributed by atoms with Gasteiger partial charge < -0.3 is 29.0 Å². The largest absolute Gasteiger partial charge is 0.479 e. The van der Waals surface area contributed by atoms with Gasteiger partial charge in [0, 0.05) is 5.92 Å². The Labute approximate surface area is 226 Å². The van der Waals surface area contributed by atoms with Crippen molar-refractivity contribution < 1.29 is 28.1 Å². The van der Waals surface area contributed by atoms with Gasteiger partial charge in [-0.3, -0.25) is 9.36 Å². The summed E-state index contributed by atoms with van der Waals surface area (Å²) in [5.41, 5.74) is 6.88. The van der Waals surface area contributed by atoms with E-state index in [1.54, 1.807) is 39.2 Å². The lowest BCUT2D eigenvalue weighted by molar-refractivity contribution is -0.149. The van der Waals surface area contributed by atoms with Crippen molar-refractivity contribution in [3.05, 3.63) is 36.7 Å². The molecule has 14 heteroatoms. The van der Waals surface area contributed by atoms with Crippen LogP contribution in [-0.2, 0) is 30.6 Å². The Morgan fingerprint density at radius 2 is 2.03 bits per heavy atom. The molecule has 0 bridgehead atoms. The van der Waals surface area contributed by atoms with E-state index in [1.807, 2.05) is 22.8 Å². The number of anilines is 1. The first-order chi connectivity index (χ1) is 18.1. The molecule has 38 heavy (non-hydrogen) atoms. The van der Waals surface area contributed by atoms with Crippen LogP contribution in [0, 0.1) is 5.92 Å². The Morgan fingerprint density at radius 1 is 1.29 bits per heavy atom. The quantitative estimate of drug-likeness (QED) is 0.259. The maximum Gasteiger partial charge on any atom is 0.323 e. The molecule has 0 radical (unpaired) electrons. The number of hydrogen-bond acceptors (Lipinski definition) is 11. The summed E-state index contributed by atoms with van der Waals surface area (Å²) in [4.78, 5) is 25.3. The average molecular weight is 565 g/mol. The number of benzene rings is 1. The summed E-state index contributed by atoms with van der Waals surface area (Å²) in [6.07, 6.45) is 1.40. The molecule has 0 amide bonds. The minimum atomic E-state index is -3.17. The minimum Gasteiger partial charge on any atom is -0.479 e. The van der Waals surface area contributed by atoms with Crippen molar-refractivity contribution in [1.82, 2.24) is 24.6 Å². The number of fused-ring (bicyclic) bond motifs is 1. The number of esters is 1. The number of carbonyl (C=O) groups is 1. The summed E-state index contributed by atoms with van der Waals surface area (Å²) >= 11 is 5.80. The predicted octanol–water partition coefficient (Wildman–Crippen LogP) is 3.59. The predicted molar refractivity (Wildman–Crippen MR) is 145 cm³/mol. The van der Waals surface area contributed by atoms with Crippen LogP contribution in [0.5, 0.6) is 11.6 Å². The van der Waals surface area contributed by atoms with Crippen LogP contribution in [-0.4, -0.2) is 57.5 Å². The van der Waals surface area contributed by atoms with Crippen molar-refractivity contribution in [2.45, 2.75) is 58.6 Å². The summed E-state index contributed by atoms with van der Waals surface area (Å²) < 4.78 is 31.0. The number of carbonyl (C=O) groups excluding carboxylic acids is 1. The van der Waals surface area contributed by atoms with Gasteiger partial charge >= 0.3 is 12.6 Å². The van der Waals surface area contributed by atoms with Crippen LogP contribution in [0.2, 0.25) is 0 Å². The van der Waals surface area contributed by atoms with E-state index in [1.165, 1.54) is 7.11 Å². The van der Waals surface area contributed by atoms with Gasteiger partial charge in [0.1, 0.15) is 18.0 Å². The van der Waals surface area contributed by atoms with Gasteiger partial charge in [-0.1, -0.05) is 25.1 Å². The lowest BCUT2D eigenvalue weighted by atomic mass is 10.1. The van der Waals surface area contributed by atoms with Gasteiger partial charge in [-0.15, -0.1) is 0 Å². The molecule has 1 aliphatic rings. The zero-order valence-corrected chi connectivity index (χ0v) is 23.6. The molecule has 12 nitrogen and oxygen atoms in total. The van der Waals surface area contributed by atoms with E-state index in [-0.39, 0.29) is 36.9 Å². The molecule has 1 fully saturated rings. The fraction of sp³-hybridized carbons (Fsp3) is 0.500. The first kappa shape index (κ1) is 28.2. The van der Waals surface area contributed by atoms with Crippen molar-refractivity contribution in [3.63, 3.8) is 0 Å². The van der Waals surface area contributed by atoms with Crippen molar-refractivity contribution >= 4 is 41.5 Å². The van der Waals surface area contributed by atoms with E-state index in [2.05, 4.69) is 27.0 Å². The summed E-state index contributed by atoms with van der Waals surface area (Å²) in [7, 11) is 1.50. The van der Waals surface area contributed by atoms with E-state index in [0.717, 1.165) is 0 Å². The summed E-state index contributed by atoms with van der Waals surface area (Å²) in [6.45, 7) is 4.28. The lowest BCUT2D eigenvalue weighted by Gasteiger charge is -2.27. The third-order valence-electron chi connectivity index (χ3n) is 5.78. The fourth-order valence-electron chi connectivity index (χ4n) is 4.12. The SMILES string of the molecule is COc1nc(N)nc2c1ncn2[C@@H]1O[C@H](COP(=S)(NC(C)C(=O)OC(C)C)Oc2ccccc2)C[C@@H]1C. The number of imidazole rings is 1. The minimum absolute atomic E-state index is 0.0802. The Morgan fingerprint density at radius 3 is 2.71 bits per heavy atom. The van der Waals surface area contributed by atoms with Gasteiger partial charge in [0.15, 0.2) is 11.2 Å². The van der Waals surface area contributed by atoms with Crippen LogP contribution in [0.1, 0.15) is 40.3 Å². The second-order valence-corrected chi connectivity index (χ2v) is 12.4. The zero-order valence-electron chi connectivity index (χ0n) is 21.9. The maximum absolute atomic E-state index is 12.5. The smallest absolute Gasteiger partial charge is 0.323 e. The summed E-state index contributed by atoms with van der Waals surface area (Å²) in [6, 6.07) is 8.35. The molecule has 1 aromatic carbocycles. The van der Waals surface area contributed by atoms with E-state index >= 15 is 0 Å². The van der Waals surface area contributed by atoms with Crippen molar-refractivity contribution in [3.8, 4) is 11.6 Å². The number of ether oxygens (including phenoxy) is 3. The Balaban J connectivity index is 1.48. The Hall–Kier alpha value is -2.83. The number of hydrogen-bond donors (Lipinski definition) is 2. The van der Waals surface area contributed by atoms with Crippen molar-refractivity contribution in [1.29, 1.82) is 0 Å². The van der Waals surface area contributed by atoms with Gasteiger partial charge in [-0.25, -0.2) is 10.1 Å². The standard InChI is InChI=1S/C24H33N6O6PS/c1-14(2)34-23(31)16(4)29-37(38,36-17-9-7-6-8-10-17)33-12-18-11-15(3)22(35-18)30-13-26-19-20(30)27-24(25)28-21(19)32-5/h6-10,13-16,18,22H,11-12H2,1-5H3,(H,29,38)(H2,25,27,28)/t15-,16?,18-,22+,37?/m0/s1. The third kappa shape index (κ3) is 6.59. The van der Waals surface area contributed by atoms with Gasteiger partial charge in [0.25, 0.3) is 0 Å². The molecule has 0 saturated carbocycles. The number of para-hydroxylation sites is 1. The molecule has 1 aliphatic heterocycles. The van der Waals surface area contributed by atoms with Crippen molar-refractivity contribution in [2.75, 3.05) is 19.5 Å². The number of nitrogens with zero attached hydrogens (tertiary/aromatic N) is 4. The molecule has 3 N–H and O–H groups in total. The van der Waals surface area contributed by atoms with E-state index in [4.69, 9.17) is 40.8 Å². The highest BCUT2D eigenvalue weighted by atomic mass is 32.5. The summed E-state index contributed by atoms with van der Waals surface area (Å²) in [5, 5.41) is 3.06. The molecule has 3 aromatic rings. The highest BCUT2D eigenvalue weighted by Crippen LogP contribution is 2.47. The zero-order chi connectivity index (χ0) is 27.4. The van der Waals surface area contributed by atoms with Crippen LogP contribution in [0.15, 0.2) is 36.7 Å². The van der Waals surface area contributed by atoms with Gasteiger partial charge in [0.05, 0.1) is 32.3 Å². The second-order valence-electron chi connectivity index (χ2n) is 9.31. The van der Waals surface area contributed by atoms with Crippen LogP contribution in [0.3, 0.4) is 0 Å². The highest BCUT2D eigenvalue weighted by molar-refractivity contribution is 8.09. The summed E-state index contributed by atoms with van der Waals surface area (Å²) in [5.74, 6) is 0.568. The number of nitrogens with two attached hydrogens (primary N) is 1. The number of methoxy groups -OCH3 is 1. The van der Waals surface area contributed by atoms with Gasteiger partial charge in [-0.05, 0) is 51.1 Å². The van der Waals surface area contributed by atoms with E-state index in [0.29, 0.717) is 29.2 Å². The average Bonchev–Trinajstić information content (AvgIpc) is 3.45. The van der Waals surface area contributed by atoms with Crippen LogP contribution in [0.25, 0.3) is 11.2 Å². The highest BCUT2D eigenvalue weighted by Gasteiger charge is 2.37. The number of nitrogen functional groups attached to an aromatic ring is 1. The molecule has 2 aromatic heterocycles. The van der Waals surface area contributed by atoms with Gasteiger partial charge in [-0.2, -0.15) is 9.97 Å². The Bertz CT molecular complexity index is 1310. The molecule has 5 atom stereocenters.